The second-order valence-corrected chi connectivity index (χ2v) is 3.72. The molecule has 0 heterocycles. The number of rotatable bonds is 3. The normalized spacial score (nSPS) is 13.4. The number of carbonyl (C=O) groups is 2. The Morgan fingerprint density at radius 3 is 2.65 bits per heavy atom. The van der Waals surface area contributed by atoms with Crippen LogP contribution >= 0.6 is 0 Å². The number of hydrogen-bond acceptors (Lipinski definition) is 3. The molecule has 0 fully saturated rings. The summed E-state index contributed by atoms with van der Waals surface area (Å²) < 4.78 is 5.01. The van der Waals surface area contributed by atoms with Gasteiger partial charge in [-0.05, 0) is 18.6 Å². The first-order valence-corrected chi connectivity index (χ1v) is 5.37. The summed E-state index contributed by atoms with van der Waals surface area (Å²) >= 11 is 0. The van der Waals surface area contributed by atoms with Gasteiger partial charge in [0.1, 0.15) is 5.75 Å². The van der Waals surface area contributed by atoms with Crippen molar-refractivity contribution < 1.29 is 14.3 Å². The molecule has 1 aromatic carbocycles. The standard InChI is InChI=1S/C14H12O3/c1-10(15)17-13-9-5-4-8-12(13)14(16)11-6-2-3-7-11/h2,4-9H,3H2,1H3. The first-order valence-electron chi connectivity index (χ1n) is 5.37. The van der Waals surface area contributed by atoms with Crippen LogP contribution in [0.25, 0.3) is 0 Å². The van der Waals surface area contributed by atoms with Crippen molar-refractivity contribution in [2.24, 2.45) is 0 Å². The molecule has 1 aliphatic carbocycles. The minimum atomic E-state index is -0.429. The van der Waals surface area contributed by atoms with E-state index in [0.717, 1.165) is 6.42 Å². The Kier molecular flexibility index (Phi) is 3.19. The number of benzene rings is 1. The highest BCUT2D eigenvalue weighted by Crippen LogP contribution is 2.23. The van der Waals surface area contributed by atoms with E-state index in [9.17, 15) is 9.59 Å². The van der Waals surface area contributed by atoms with E-state index in [4.69, 9.17) is 4.74 Å². The maximum absolute atomic E-state index is 12.1. The van der Waals surface area contributed by atoms with E-state index in [1.165, 1.54) is 6.92 Å². The Hall–Kier alpha value is -2.16. The topological polar surface area (TPSA) is 43.4 Å². The molecule has 0 saturated heterocycles. The molecule has 1 aromatic rings. The van der Waals surface area contributed by atoms with Crippen LogP contribution in [0.1, 0.15) is 23.7 Å². The fourth-order valence-corrected chi connectivity index (χ4v) is 1.68. The van der Waals surface area contributed by atoms with Crippen molar-refractivity contribution >= 4 is 11.8 Å². The third kappa shape index (κ3) is 2.50. The van der Waals surface area contributed by atoms with E-state index < -0.39 is 5.97 Å². The fourth-order valence-electron chi connectivity index (χ4n) is 1.68. The van der Waals surface area contributed by atoms with Crippen LogP contribution in [0.4, 0.5) is 0 Å². The van der Waals surface area contributed by atoms with E-state index in [0.29, 0.717) is 16.9 Å². The van der Waals surface area contributed by atoms with Crippen LogP contribution in [0.2, 0.25) is 0 Å². The predicted molar refractivity (Wildman–Crippen MR) is 63.9 cm³/mol. The summed E-state index contributed by atoms with van der Waals surface area (Å²) in [6.07, 6.45) is 6.33. The lowest BCUT2D eigenvalue weighted by atomic mass is 10.0. The van der Waals surface area contributed by atoms with E-state index in [-0.39, 0.29) is 5.78 Å². The summed E-state index contributed by atoms with van der Waals surface area (Å²) in [5.41, 5.74) is 1.06. The van der Waals surface area contributed by atoms with Crippen LogP contribution in [0.15, 0.2) is 48.1 Å². The molecule has 1 aliphatic rings. The van der Waals surface area contributed by atoms with Crippen molar-refractivity contribution in [1.82, 2.24) is 0 Å². The molecule has 0 bridgehead atoms. The van der Waals surface area contributed by atoms with Gasteiger partial charge in [-0.15, -0.1) is 0 Å². The second kappa shape index (κ2) is 4.78. The monoisotopic (exact) mass is 228 g/mol. The summed E-state index contributed by atoms with van der Waals surface area (Å²) in [4.78, 5) is 23.1. The SMILES string of the molecule is CC(=O)Oc1ccccc1C(=O)C1=CCC=C1. The average molecular weight is 228 g/mol. The van der Waals surface area contributed by atoms with Gasteiger partial charge in [0.2, 0.25) is 0 Å². The Morgan fingerprint density at radius 2 is 2.00 bits per heavy atom. The van der Waals surface area contributed by atoms with Crippen LogP contribution in [0.3, 0.4) is 0 Å². The molecule has 3 nitrogen and oxygen atoms in total. The maximum Gasteiger partial charge on any atom is 0.308 e. The van der Waals surface area contributed by atoms with E-state index >= 15 is 0 Å². The summed E-state index contributed by atoms with van der Waals surface area (Å²) in [7, 11) is 0. The second-order valence-electron chi connectivity index (χ2n) is 3.72. The molecule has 86 valence electrons. The van der Waals surface area contributed by atoms with E-state index in [1.807, 2.05) is 12.2 Å². The summed E-state index contributed by atoms with van der Waals surface area (Å²) in [5, 5.41) is 0. The van der Waals surface area contributed by atoms with Gasteiger partial charge < -0.3 is 4.74 Å². The van der Waals surface area contributed by atoms with Crippen molar-refractivity contribution in [2.75, 3.05) is 0 Å². The lowest BCUT2D eigenvalue weighted by Crippen LogP contribution is -2.08. The van der Waals surface area contributed by atoms with Crippen molar-refractivity contribution in [3.8, 4) is 5.75 Å². The van der Waals surface area contributed by atoms with Crippen molar-refractivity contribution in [3.05, 3.63) is 53.6 Å². The molecule has 0 aliphatic heterocycles. The molecule has 2 rings (SSSR count). The highest BCUT2D eigenvalue weighted by molar-refractivity contribution is 6.12. The Labute approximate surface area is 99.4 Å². The van der Waals surface area contributed by atoms with Crippen LogP contribution in [-0.2, 0) is 4.79 Å². The molecular formula is C14H12O3. The molecule has 0 aromatic heterocycles. The number of carbonyl (C=O) groups excluding carboxylic acids is 2. The summed E-state index contributed by atoms with van der Waals surface area (Å²) in [6.45, 7) is 1.32. The Morgan fingerprint density at radius 1 is 1.24 bits per heavy atom. The van der Waals surface area contributed by atoms with Gasteiger partial charge >= 0.3 is 5.97 Å². The zero-order valence-electron chi connectivity index (χ0n) is 9.47. The summed E-state index contributed by atoms with van der Waals surface area (Å²) in [5.74, 6) is -0.233. The van der Waals surface area contributed by atoms with Crippen LogP contribution in [0, 0.1) is 0 Å². The fraction of sp³-hybridized carbons (Fsp3) is 0.143. The number of esters is 1. The largest absolute Gasteiger partial charge is 0.426 e. The van der Waals surface area contributed by atoms with Crippen molar-refractivity contribution in [2.45, 2.75) is 13.3 Å². The molecule has 0 amide bonds. The number of ether oxygens (including phenoxy) is 1. The highest BCUT2D eigenvalue weighted by atomic mass is 16.5. The lowest BCUT2D eigenvalue weighted by molar-refractivity contribution is -0.131. The van der Waals surface area contributed by atoms with Crippen LogP contribution in [-0.4, -0.2) is 11.8 Å². The molecule has 0 unspecified atom stereocenters. The molecule has 0 saturated carbocycles. The first-order chi connectivity index (χ1) is 8.18. The lowest BCUT2D eigenvalue weighted by Gasteiger charge is -2.07. The number of allylic oxidation sites excluding steroid dienone is 4. The number of ketones is 1. The molecule has 0 radical (unpaired) electrons. The minimum absolute atomic E-state index is 0.115. The maximum atomic E-state index is 12.1. The molecule has 0 atom stereocenters. The van der Waals surface area contributed by atoms with Crippen LogP contribution in [0.5, 0.6) is 5.75 Å². The average Bonchev–Trinajstić information content (AvgIpc) is 2.81. The molecule has 0 spiro atoms. The highest BCUT2D eigenvalue weighted by Gasteiger charge is 2.17. The van der Waals surface area contributed by atoms with Crippen molar-refractivity contribution in [1.29, 1.82) is 0 Å². The number of para-hydroxylation sites is 1. The van der Waals surface area contributed by atoms with Crippen LogP contribution < -0.4 is 4.74 Å². The van der Waals surface area contributed by atoms with Crippen molar-refractivity contribution in [3.63, 3.8) is 0 Å². The smallest absolute Gasteiger partial charge is 0.308 e. The van der Waals surface area contributed by atoms with Gasteiger partial charge in [-0.1, -0.05) is 30.4 Å². The Balaban J connectivity index is 2.34. The van der Waals surface area contributed by atoms with E-state index in [2.05, 4.69) is 0 Å². The van der Waals surface area contributed by atoms with Gasteiger partial charge in [0.05, 0.1) is 5.56 Å². The number of Topliss-reactive ketones (excluding diaryl/α,β-unsaturated/α-hetero) is 1. The minimum Gasteiger partial charge on any atom is -0.426 e. The zero-order valence-corrected chi connectivity index (χ0v) is 9.47. The van der Waals surface area contributed by atoms with Gasteiger partial charge in [0, 0.05) is 12.5 Å². The zero-order chi connectivity index (χ0) is 12.3. The Bertz CT molecular complexity index is 524. The van der Waals surface area contributed by atoms with Gasteiger partial charge in [-0.25, -0.2) is 0 Å². The molecule has 17 heavy (non-hydrogen) atoms. The van der Waals surface area contributed by atoms with Gasteiger partial charge in [-0.3, -0.25) is 9.59 Å². The number of hydrogen-bond donors (Lipinski definition) is 0. The van der Waals surface area contributed by atoms with E-state index in [1.54, 1.807) is 30.3 Å². The van der Waals surface area contributed by atoms with Gasteiger partial charge in [-0.2, -0.15) is 0 Å². The van der Waals surface area contributed by atoms with Gasteiger partial charge in [0.15, 0.2) is 5.78 Å². The quantitative estimate of drug-likeness (QED) is 0.454. The molecular weight excluding hydrogens is 216 g/mol. The van der Waals surface area contributed by atoms with Gasteiger partial charge in [0.25, 0.3) is 0 Å². The molecule has 0 N–H and O–H groups in total. The molecule has 3 heteroatoms. The first kappa shape index (κ1) is 11.3. The predicted octanol–water partition coefficient (Wildman–Crippen LogP) is 2.68. The summed E-state index contributed by atoms with van der Waals surface area (Å²) in [6, 6.07) is 6.76. The third-order valence-corrected chi connectivity index (χ3v) is 2.42. The third-order valence-electron chi connectivity index (χ3n) is 2.42.